The summed E-state index contributed by atoms with van der Waals surface area (Å²) in [6, 6.07) is 0.500. The van der Waals surface area contributed by atoms with Crippen LogP contribution in [-0.4, -0.2) is 45.1 Å². The largest absolute Gasteiger partial charge is 0.431 e. The first-order valence-corrected chi connectivity index (χ1v) is 10.9. The normalized spacial score (nSPS) is 20.9. The molecule has 11 heteroatoms. The quantitative estimate of drug-likeness (QED) is 0.721. The van der Waals surface area contributed by atoms with Crippen molar-refractivity contribution in [2.24, 2.45) is 5.41 Å². The van der Waals surface area contributed by atoms with Gasteiger partial charge in [-0.05, 0) is 68.4 Å². The lowest BCUT2D eigenvalue weighted by molar-refractivity contribution is -0.142. The molecule has 3 heterocycles. The summed E-state index contributed by atoms with van der Waals surface area (Å²) < 4.78 is 45.4. The number of anilines is 1. The number of pyridine rings is 1. The summed E-state index contributed by atoms with van der Waals surface area (Å²) in [5.41, 5.74) is -1.61. The van der Waals surface area contributed by atoms with Crippen LogP contribution in [0.4, 0.5) is 19.2 Å². The monoisotopic (exact) mass is 451 g/mol. The van der Waals surface area contributed by atoms with Crippen molar-refractivity contribution in [3.05, 3.63) is 27.7 Å². The molecule has 1 atom stereocenters. The highest BCUT2D eigenvalue weighted by Crippen LogP contribution is 2.53. The lowest BCUT2D eigenvalue weighted by Gasteiger charge is -2.33. The van der Waals surface area contributed by atoms with E-state index in [-0.39, 0.29) is 34.9 Å². The number of carbonyl (C=O) groups is 1. The Kier molecular flexibility index (Phi) is 4.82. The summed E-state index contributed by atoms with van der Waals surface area (Å²) in [4.78, 5) is 28.8. The second-order valence-corrected chi connectivity index (χ2v) is 9.22. The van der Waals surface area contributed by atoms with Crippen LogP contribution >= 0.6 is 0 Å². The molecule has 2 aromatic rings. The number of hydrogen-bond acceptors (Lipinski definition) is 6. The van der Waals surface area contributed by atoms with Gasteiger partial charge in [-0.2, -0.15) is 13.2 Å². The van der Waals surface area contributed by atoms with Gasteiger partial charge in [-0.1, -0.05) is 5.10 Å². The second-order valence-electron chi connectivity index (χ2n) is 9.22. The van der Waals surface area contributed by atoms with Gasteiger partial charge in [0.25, 0.3) is 11.4 Å². The molecular formula is C21H24F3N5O3. The fourth-order valence-corrected chi connectivity index (χ4v) is 4.45. The molecule has 3 aliphatic rings. The Hall–Kier alpha value is -2.85. The fourth-order valence-electron chi connectivity index (χ4n) is 4.45. The molecule has 2 saturated carbocycles. The molecule has 0 bridgehead atoms. The minimum atomic E-state index is -4.65. The van der Waals surface area contributed by atoms with Crippen LogP contribution in [-0.2, 0) is 11.0 Å². The van der Waals surface area contributed by atoms with Gasteiger partial charge in [-0.3, -0.25) is 9.59 Å². The number of hydrogen-bond donors (Lipinski definition) is 2. The van der Waals surface area contributed by atoms with Gasteiger partial charge in [0.15, 0.2) is 0 Å². The van der Waals surface area contributed by atoms with Crippen LogP contribution in [0.3, 0.4) is 0 Å². The van der Waals surface area contributed by atoms with Crippen molar-refractivity contribution in [1.29, 1.82) is 0 Å². The third kappa shape index (κ3) is 4.00. The number of amides is 1. The topological polar surface area (TPSA) is 104 Å². The van der Waals surface area contributed by atoms with Crippen molar-refractivity contribution in [2.45, 2.75) is 63.6 Å². The van der Waals surface area contributed by atoms with Crippen molar-refractivity contribution in [2.75, 3.05) is 18.4 Å². The summed E-state index contributed by atoms with van der Waals surface area (Å²) in [6.45, 7) is 3.14. The average molecular weight is 451 g/mol. The molecule has 3 fully saturated rings. The minimum Gasteiger partial charge on any atom is -0.403 e. The smallest absolute Gasteiger partial charge is 0.403 e. The zero-order valence-corrected chi connectivity index (χ0v) is 17.6. The summed E-state index contributed by atoms with van der Waals surface area (Å²) in [5, 5.41) is 10.5. The number of alkyl halides is 3. The van der Waals surface area contributed by atoms with Gasteiger partial charge in [0.2, 0.25) is 5.91 Å². The molecule has 1 aliphatic heterocycles. The highest BCUT2D eigenvalue weighted by atomic mass is 19.4. The Labute approximate surface area is 181 Å². The lowest BCUT2D eigenvalue weighted by Crippen LogP contribution is -2.45. The van der Waals surface area contributed by atoms with Gasteiger partial charge >= 0.3 is 12.2 Å². The van der Waals surface area contributed by atoms with Crippen molar-refractivity contribution in [3.63, 3.8) is 0 Å². The van der Waals surface area contributed by atoms with Crippen LogP contribution in [0, 0.1) is 5.41 Å². The number of H-pyrrole nitrogens is 1. The van der Waals surface area contributed by atoms with E-state index in [2.05, 4.69) is 15.5 Å². The first kappa shape index (κ1) is 21.0. The van der Waals surface area contributed by atoms with Crippen LogP contribution in [0.25, 0.3) is 11.5 Å². The molecule has 5 rings (SSSR count). The minimum absolute atomic E-state index is 0.0295. The number of nitrogens with one attached hydrogen (secondary N) is 2. The number of aromatic amines is 1. The van der Waals surface area contributed by atoms with E-state index in [0.29, 0.717) is 18.3 Å². The van der Waals surface area contributed by atoms with Gasteiger partial charge < -0.3 is 19.6 Å². The Bertz CT molecular complexity index is 1090. The third-order valence-corrected chi connectivity index (χ3v) is 6.83. The molecule has 1 unspecified atom stereocenters. The van der Waals surface area contributed by atoms with Crippen molar-refractivity contribution >= 4 is 11.9 Å². The third-order valence-electron chi connectivity index (χ3n) is 6.83. The van der Waals surface area contributed by atoms with Crippen LogP contribution in [0.1, 0.15) is 62.6 Å². The van der Waals surface area contributed by atoms with Crippen molar-refractivity contribution < 1.29 is 22.4 Å². The van der Waals surface area contributed by atoms with Gasteiger partial charge in [0.1, 0.15) is 17.3 Å². The number of halogens is 3. The molecule has 0 aromatic carbocycles. The van der Waals surface area contributed by atoms with Crippen LogP contribution in [0.2, 0.25) is 0 Å². The second kappa shape index (κ2) is 7.35. The van der Waals surface area contributed by atoms with E-state index in [1.54, 1.807) is 6.92 Å². The van der Waals surface area contributed by atoms with Crippen LogP contribution in [0.5, 0.6) is 0 Å². The van der Waals surface area contributed by atoms with E-state index in [1.807, 2.05) is 9.88 Å². The number of piperidine rings is 1. The molecule has 2 aromatic heterocycles. The van der Waals surface area contributed by atoms with Gasteiger partial charge in [0, 0.05) is 13.1 Å². The Morgan fingerprint density at radius 3 is 2.53 bits per heavy atom. The molecule has 32 heavy (non-hydrogen) atoms. The molecule has 1 spiro atoms. The van der Waals surface area contributed by atoms with Crippen LogP contribution in [0.15, 0.2) is 15.3 Å². The summed E-state index contributed by atoms with van der Waals surface area (Å²) in [7, 11) is 0. The van der Waals surface area contributed by atoms with Crippen molar-refractivity contribution in [1.82, 2.24) is 20.1 Å². The zero-order chi connectivity index (χ0) is 22.7. The number of rotatable bonds is 5. The molecule has 8 nitrogen and oxygen atoms in total. The molecule has 1 amide bonds. The number of carbonyl (C=O) groups excluding carboxylic acids is 1. The first-order valence-electron chi connectivity index (χ1n) is 10.9. The van der Waals surface area contributed by atoms with E-state index < -0.39 is 23.5 Å². The SMILES string of the molecule is CC(Nc1nnc(-c2cc(C3CC3)c(C(F)(F)F)[nH]c2=O)o1)C(=O)N1CCC2(CC1)CC2. The molecule has 0 radical (unpaired) electrons. The van der Waals surface area contributed by atoms with E-state index >= 15 is 0 Å². The highest BCUT2D eigenvalue weighted by molar-refractivity contribution is 5.83. The molecule has 172 valence electrons. The Morgan fingerprint density at radius 1 is 1.25 bits per heavy atom. The van der Waals surface area contributed by atoms with E-state index in [4.69, 9.17) is 4.42 Å². The Balaban J connectivity index is 1.31. The number of likely N-dealkylation sites (tertiary alicyclic amines) is 1. The van der Waals surface area contributed by atoms with E-state index in [9.17, 15) is 22.8 Å². The average Bonchev–Trinajstić information content (AvgIpc) is 3.67. The summed E-state index contributed by atoms with van der Waals surface area (Å²) in [6.07, 6.45) is 1.15. The lowest BCUT2D eigenvalue weighted by atomic mass is 9.93. The maximum Gasteiger partial charge on any atom is 0.431 e. The van der Waals surface area contributed by atoms with E-state index in [1.165, 1.54) is 18.9 Å². The predicted octanol–water partition coefficient (Wildman–Crippen LogP) is 3.52. The molecule has 2 aliphatic carbocycles. The van der Waals surface area contributed by atoms with Gasteiger partial charge in [-0.15, -0.1) is 5.10 Å². The predicted molar refractivity (Wildman–Crippen MR) is 108 cm³/mol. The maximum atomic E-state index is 13.3. The highest BCUT2D eigenvalue weighted by Gasteiger charge is 2.45. The number of nitrogens with zero attached hydrogens (tertiary/aromatic N) is 3. The van der Waals surface area contributed by atoms with Gasteiger partial charge in [-0.25, -0.2) is 0 Å². The first-order chi connectivity index (χ1) is 15.2. The summed E-state index contributed by atoms with van der Waals surface area (Å²) >= 11 is 0. The van der Waals surface area contributed by atoms with E-state index in [0.717, 1.165) is 25.9 Å². The zero-order valence-electron chi connectivity index (χ0n) is 17.6. The fraction of sp³-hybridized carbons (Fsp3) is 0.619. The maximum absolute atomic E-state index is 13.3. The summed E-state index contributed by atoms with van der Waals surface area (Å²) in [5.74, 6) is -0.527. The molecular weight excluding hydrogens is 427 g/mol. The van der Waals surface area contributed by atoms with Crippen LogP contribution < -0.4 is 10.9 Å². The molecule has 1 saturated heterocycles. The van der Waals surface area contributed by atoms with Gasteiger partial charge in [0.05, 0.1) is 0 Å². The molecule has 2 N–H and O–H groups in total. The van der Waals surface area contributed by atoms with Crippen molar-refractivity contribution in [3.8, 4) is 11.5 Å². The standard InChI is InChI=1S/C21H24F3N5O3/c1-11(18(31)29-8-6-20(4-5-20)7-9-29)25-19-28-27-17(32-19)14-10-13(12-2-3-12)15(21(22,23)24)26-16(14)30/h10-12H,2-9H2,1H3,(H,25,28)(H,26,30). The Morgan fingerprint density at radius 2 is 1.94 bits per heavy atom. The number of aromatic nitrogens is 3.